The molecule has 4 atom stereocenters. The van der Waals surface area contributed by atoms with Crippen LogP contribution in [0.5, 0.6) is 0 Å². The zero-order valence-corrected chi connectivity index (χ0v) is 36.5. The maximum atomic E-state index is 13.8. The highest BCUT2D eigenvalue weighted by molar-refractivity contribution is 7.12. The summed E-state index contributed by atoms with van der Waals surface area (Å²) in [6.45, 7) is 3.79. The number of aliphatic hydroxyl groups is 1. The Hall–Kier alpha value is -4.66. The molecular weight excluding hydrogens is 829 g/mol. The monoisotopic (exact) mass is 886 g/mol. The number of carbonyl (C=O) groups is 7. The molecule has 61 heavy (non-hydrogen) atoms. The first-order valence-corrected chi connectivity index (χ1v) is 23.0. The van der Waals surface area contributed by atoms with Crippen molar-refractivity contribution < 1.29 is 48.5 Å². The number of thiazole rings is 2. The lowest BCUT2D eigenvalue weighted by Gasteiger charge is -2.31. The summed E-state index contributed by atoms with van der Waals surface area (Å²) in [5.41, 5.74) is 1.76. The van der Waals surface area contributed by atoms with Crippen molar-refractivity contribution in [1.82, 2.24) is 31.2 Å². The molecule has 3 aliphatic rings. The lowest BCUT2D eigenvalue weighted by molar-refractivity contribution is -0.218. The molecule has 2 aromatic rings. The number of carbonyl (C=O) groups excluding carboxylic acids is 6. The molecule has 4 heterocycles. The standard InChI is InChI=1S/C41H58N8O10S2/c1-3-4-5-6-7-8-9-10-11-12-13-14-31(52)45-26(19-30(42)51)36(55)44-25(2)15-16-40-21-33(54)48-39(17-18-39)29(50)20-32(53)43-22-34-47-28(24-60-34)41(58,59-40)35(49-40)37-46-27(23-61-37)38(56)57/h23-26,58H,3-22H2,1-2H3,(H2,42,51)(H,43,53)(H,44,55)(H,45,52)(H,48,54)(H,56,57)/t25-,26+,40?,41?/m0/s1. The molecule has 20 heteroatoms. The fourth-order valence-corrected chi connectivity index (χ4v) is 9.08. The second kappa shape index (κ2) is 21.4. The largest absolute Gasteiger partial charge is 0.476 e. The fraction of sp³-hybridized carbons (Fsp3) is 0.659. The van der Waals surface area contributed by atoms with Gasteiger partial charge in [0.05, 0.1) is 31.3 Å². The number of hydrogen-bond donors (Lipinski definition) is 7. The quantitative estimate of drug-likeness (QED) is 0.0660. The van der Waals surface area contributed by atoms with Crippen LogP contribution in [0.25, 0.3) is 0 Å². The molecule has 2 aliphatic heterocycles. The van der Waals surface area contributed by atoms with Crippen molar-refractivity contribution in [2.45, 2.75) is 172 Å². The van der Waals surface area contributed by atoms with Gasteiger partial charge >= 0.3 is 5.97 Å². The Balaban J connectivity index is 1.28. The highest BCUT2D eigenvalue weighted by Gasteiger charge is 2.57. The zero-order chi connectivity index (χ0) is 44.2. The average Bonchev–Trinajstić information content (AvgIpc) is 3.49. The lowest BCUT2D eigenvalue weighted by atomic mass is 9.99. The summed E-state index contributed by atoms with van der Waals surface area (Å²) in [6, 6.07) is -1.91. The third-order valence-electron chi connectivity index (χ3n) is 11.1. The van der Waals surface area contributed by atoms with Crippen molar-refractivity contribution in [3.63, 3.8) is 0 Å². The van der Waals surface area contributed by atoms with Gasteiger partial charge in [-0.25, -0.2) is 19.8 Å². The van der Waals surface area contributed by atoms with Gasteiger partial charge in [-0.3, -0.25) is 28.8 Å². The normalized spacial score (nSPS) is 22.0. The number of carboxylic acids is 1. The first-order chi connectivity index (χ1) is 29.1. The summed E-state index contributed by atoms with van der Waals surface area (Å²) in [6.07, 6.45) is 11.7. The summed E-state index contributed by atoms with van der Waals surface area (Å²) in [5.74, 6) is -7.28. The minimum absolute atomic E-state index is 0.0143. The van der Waals surface area contributed by atoms with Crippen molar-refractivity contribution in [1.29, 1.82) is 0 Å². The van der Waals surface area contributed by atoms with Gasteiger partial charge in [-0.15, -0.1) is 22.7 Å². The number of aromatic carboxylic acids is 1. The highest BCUT2D eigenvalue weighted by Crippen LogP contribution is 2.45. The molecule has 5 rings (SSSR count). The van der Waals surface area contributed by atoms with E-state index in [-0.39, 0.29) is 53.8 Å². The number of aromatic nitrogens is 2. The van der Waals surface area contributed by atoms with Crippen LogP contribution in [0, 0.1) is 0 Å². The number of ketones is 1. The number of carboxylic acid groups (broad SMARTS) is 1. The Morgan fingerprint density at radius 1 is 0.934 bits per heavy atom. The summed E-state index contributed by atoms with van der Waals surface area (Å²) in [4.78, 5) is 103. The number of Topliss-reactive ketones (excluding diaryl/α,β-unsaturated/α-hetero) is 1. The van der Waals surface area contributed by atoms with E-state index < -0.39 is 83.8 Å². The molecule has 0 aromatic carbocycles. The van der Waals surface area contributed by atoms with Crippen LogP contribution in [0.2, 0.25) is 0 Å². The van der Waals surface area contributed by atoms with E-state index in [1.165, 1.54) is 55.7 Å². The summed E-state index contributed by atoms with van der Waals surface area (Å²) >= 11 is 1.97. The van der Waals surface area contributed by atoms with Crippen molar-refractivity contribution >= 4 is 69.7 Å². The SMILES string of the molecule is CCCCCCCCCCCCCC(=O)N[C@H](CC(N)=O)C(=O)N[C@@H](C)CCC12CC(=O)NC3(CC3)C(=O)CC(=O)NCc3nc(cs3)C(O)(O1)C(c1nc(C(=O)O)cs1)=N2. The van der Waals surface area contributed by atoms with Crippen molar-refractivity contribution in [3.8, 4) is 0 Å². The summed E-state index contributed by atoms with van der Waals surface area (Å²) < 4.78 is 6.40. The van der Waals surface area contributed by atoms with Gasteiger partial charge < -0.3 is 42.0 Å². The highest BCUT2D eigenvalue weighted by atomic mass is 32.1. The Morgan fingerprint density at radius 3 is 2.23 bits per heavy atom. The van der Waals surface area contributed by atoms with Crippen LogP contribution in [0.15, 0.2) is 15.8 Å². The van der Waals surface area contributed by atoms with E-state index in [1.54, 1.807) is 6.92 Å². The molecule has 1 saturated carbocycles. The van der Waals surface area contributed by atoms with Crippen molar-refractivity contribution in [3.05, 3.63) is 32.2 Å². The van der Waals surface area contributed by atoms with E-state index in [2.05, 4.69) is 38.2 Å². The minimum atomic E-state index is -2.45. The van der Waals surface area contributed by atoms with E-state index in [0.29, 0.717) is 24.3 Å². The molecule has 2 unspecified atom stereocenters. The molecule has 1 spiro atoms. The summed E-state index contributed by atoms with van der Waals surface area (Å²) in [7, 11) is 0. The number of fused-ring (bicyclic) bond motifs is 5. The zero-order valence-electron chi connectivity index (χ0n) is 34.8. The Labute approximate surface area is 362 Å². The topological polar surface area (TPSA) is 281 Å². The second-order valence-corrected chi connectivity index (χ2v) is 18.1. The number of primary amides is 1. The van der Waals surface area contributed by atoms with Crippen LogP contribution in [-0.2, 0) is 45.8 Å². The molecule has 334 valence electrons. The van der Waals surface area contributed by atoms with E-state index in [9.17, 15) is 43.8 Å². The number of nitrogens with one attached hydrogen (secondary N) is 4. The average molecular weight is 887 g/mol. The predicted molar refractivity (Wildman–Crippen MR) is 225 cm³/mol. The van der Waals surface area contributed by atoms with Gasteiger partial charge in [-0.05, 0) is 39.0 Å². The van der Waals surface area contributed by atoms with Crippen LogP contribution in [0.4, 0.5) is 0 Å². The third kappa shape index (κ3) is 13.2. The molecule has 8 N–H and O–H groups in total. The van der Waals surface area contributed by atoms with Crippen LogP contribution < -0.4 is 27.0 Å². The predicted octanol–water partition coefficient (Wildman–Crippen LogP) is 3.63. The van der Waals surface area contributed by atoms with Crippen LogP contribution in [-0.4, -0.2) is 90.5 Å². The molecule has 1 fully saturated rings. The molecule has 2 aromatic heterocycles. The maximum Gasteiger partial charge on any atom is 0.355 e. The Bertz CT molecular complexity index is 1960. The number of hydrogen-bond acceptors (Lipinski definition) is 14. The fourth-order valence-electron chi connectivity index (χ4n) is 7.49. The Kier molecular flexibility index (Phi) is 16.6. The van der Waals surface area contributed by atoms with E-state index in [4.69, 9.17) is 15.5 Å². The van der Waals surface area contributed by atoms with Gasteiger partial charge in [0.15, 0.2) is 17.2 Å². The van der Waals surface area contributed by atoms with Gasteiger partial charge in [0, 0.05) is 23.2 Å². The molecule has 5 amide bonds. The van der Waals surface area contributed by atoms with Gasteiger partial charge in [0.25, 0.3) is 5.79 Å². The van der Waals surface area contributed by atoms with Crippen LogP contribution >= 0.6 is 22.7 Å². The molecule has 4 bridgehead atoms. The maximum absolute atomic E-state index is 13.8. The number of ether oxygens (including phenoxy) is 1. The number of nitrogens with zero attached hydrogens (tertiary/aromatic N) is 3. The molecule has 0 radical (unpaired) electrons. The second-order valence-electron chi connectivity index (χ2n) is 16.3. The first-order valence-electron chi connectivity index (χ1n) is 21.2. The molecular formula is C41H58N8O10S2. The number of nitrogens with two attached hydrogens (primary N) is 1. The van der Waals surface area contributed by atoms with E-state index in [1.807, 2.05) is 0 Å². The van der Waals surface area contributed by atoms with Gasteiger partial charge in [-0.1, -0.05) is 71.1 Å². The molecule has 0 saturated heterocycles. The van der Waals surface area contributed by atoms with Gasteiger partial charge in [-0.2, -0.15) is 0 Å². The lowest BCUT2D eigenvalue weighted by Crippen LogP contribution is -2.51. The summed E-state index contributed by atoms with van der Waals surface area (Å²) in [5, 5.41) is 35.9. The van der Waals surface area contributed by atoms with Crippen LogP contribution in [0.1, 0.15) is 162 Å². The van der Waals surface area contributed by atoms with Gasteiger partial charge in [0.1, 0.15) is 27.5 Å². The van der Waals surface area contributed by atoms with Gasteiger partial charge in [0.2, 0.25) is 29.5 Å². The molecule has 1 aliphatic carbocycles. The van der Waals surface area contributed by atoms with Crippen LogP contribution in [0.3, 0.4) is 0 Å². The Morgan fingerprint density at radius 2 is 1.61 bits per heavy atom. The number of unbranched alkanes of at least 4 members (excludes halogenated alkanes) is 10. The van der Waals surface area contributed by atoms with E-state index >= 15 is 0 Å². The number of amides is 5. The smallest absolute Gasteiger partial charge is 0.355 e. The van der Waals surface area contributed by atoms with E-state index in [0.717, 1.165) is 41.9 Å². The van der Waals surface area contributed by atoms with Crippen molar-refractivity contribution in [2.24, 2.45) is 10.7 Å². The number of aliphatic imine (C=N–C) groups is 1. The van der Waals surface area contributed by atoms with Crippen molar-refractivity contribution in [2.75, 3.05) is 0 Å². The number of rotatable bonds is 22. The molecule has 18 nitrogen and oxygen atoms in total. The third-order valence-corrected chi connectivity index (χ3v) is 12.8. The minimum Gasteiger partial charge on any atom is -0.476 e. The first kappa shape index (κ1) is 47.4.